The molecule has 3 N–H and O–H groups in total. The van der Waals surface area contributed by atoms with Gasteiger partial charge in [0.1, 0.15) is 0 Å². The summed E-state index contributed by atoms with van der Waals surface area (Å²) in [5.41, 5.74) is 5.16. The monoisotopic (exact) mass is 213 g/mol. The highest BCUT2D eigenvalue weighted by atomic mass is 16.5. The minimum atomic E-state index is -0.581. The summed E-state index contributed by atoms with van der Waals surface area (Å²) in [7, 11) is 0. The van der Waals surface area contributed by atoms with E-state index >= 15 is 0 Å². The van der Waals surface area contributed by atoms with E-state index in [0.717, 1.165) is 38.7 Å². The van der Waals surface area contributed by atoms with Crippen LogP contribution < -0.4 is 5.73 Å². The van der Waals surface area contributed by atoms with Crippen LogP contribution in [-0.4, -0.2) is 30.5 Å². The zero-order valence-corrected chi connectivity index (χ0v) is 9.67. The molecule has 2 atom stereocenters. The van der Waals surface area contributed by atoms with E-state index in [1.165, 1.54) is 0 Å². The highest BCUT2D eigenvalue weighted by Crippen LogP contribution is 2.53. The topological polar surface area (TPSA) is 55.5 Å². The minimum Gasteiger partial charge on any atom is -0.389 e. The fraction of sp³-hybridized carbons (Fsp3) is 1.00. The molecule has 0 aromatic heterocycles. The maximum absolute atomic E-state index is 10.9. The molecule has 2 fully saturated rings. The molecule has 2 aliphatic rings. The Labute approximate surface area is 92.0 Å². The number of hydrogen-bond donors (Lipinski definition) is 2. The largest absolute Gasteiger partial charge is 0.389 e. The normalized spacial score (nSPS) is 36.2. The predicted octanol–water partition coefficient (Wildman–Crippen LogP) is 1.29. The van der Waals surface area contributed by atoms with Crippen LogP contribution in [0, 0.1) is 11.3 Å². The first kappa shape index (κ1) is 11.4. The zero-order valence-electron chi connectivity index (χ0n) is 9.67. The Bertz CT molecular complexity index is 222. The fourth-order valence-electron chi connectivity index (χ4n) is 3.19. The lowest BCUT2D eigenvalue weighted by Gasteiger charge is -2.49. The number of aliphatic hydroxyl groups is 1. The summed E-state index contributed by atoms with van der Waals surface area (Å²) >= 11 is 0. The van der Waals surface area contributed by atoms with Gasteiger partial charge < -0.3 is 15.6 Å². The van der Waals surface area contributed by atoms with Crippen molar-refractivity contribution >= 4 is 0 Å². The number of hydrogen-bond acceptors (Lipinski definition) is 3. The van der Waals surface area contributed by atoms with E-state index in [0.29, 0.717) is 19.1 Å². The fourth-order valence-corrected chi connectivity index (χ4v) is 3.19. The van der Waals surface area contributed by atoms with Gasteiger partial charge in [-0.25, -0.2) is 0 Å². The van der Waals surface area contributed by atoms with E-state index in [9.17, 15) is 5.11 Å². The molecule has 3 nitrogen and oxygen atoms in total. The van der Waals surface area contributed by atoms with Gasteiger partial charge in [0.05, 0.1) is 12.2 Å². The van der Waals surface area contributed by atoms with Crippen LogP contribution in [0.5, 0.6) is 0 Å². The molecule has 3 heteroatoms. The van der Waals surface area contributed by atoms with Crippen LogP contribution in [-0.2, 0) is 4.74 Å². The van der Waals surface area contributed by atoms with E-state index in [4.69, 9.17) is 10.5 Å². The third-order valence-corrected chi connectivity index (χ3v) is 4.42. The predicted molar refractivity (Wildman–Crippen MR) is 59.5 cm³/mol. The van der Waals surface area contributed by atoms with Crippen molar-refractivity contribution < 1.29 is 9.84 Å². The first-order valence-corrected chi connectivity index (χ1v) is 6.19. The maximum Gasteiger partial charge on any atom is 0.0763 e. The number of nitrogens with two attached hydrogens (primary N) is 1. The first-order chi connectivity index (χ1) is 7.18. The van der Waals surface area contributed by atoms with Crippen LogP contribution in [0.25, 0.3) is 0 Å². The lowest BCUT2D eigenvalue weighted by Crippen LogP contribution is -2.58. The van der Waals surface area contributed by atoms with Crippen LogP contribution in [0.2, 0.25) is 0 Å². The molecule has 88 valence electrons. The Hall–Kier alpha value is -0.120. The van der Waals surface area contributed by atoms with Crippen molar-refractivity contribution in [3.63, 3.8) is 0 Å². The Balaban J connectivity index is 2.21. The molecule has 0 radical (unpaired) electrons. The molecule has 0 spiro atoms. The van der Waals surface area contributed by atoms with Gasteiger partial charge in [0, 0.05) is 18.6 Å². The second-order valence-electron chi connectivity index (χ2n) is 5.19. The Morgan fingerprint density at radius 1 is 1.53 bits per heavy atom. The Morgan fingerprint density at radius 2 is 2.27 bits per heavy atom. The van der Waals surface area contributed by atoms with Crippen LogP contribution in [0.3, 0.4) is 0 Å². The van der Waals surface area contributed by atoms with E-state index < -0.39 is 5.60 Å². The molecule has 0 aromatic rings. The van der Waals surface area contributed by atoms with Crippen molar-refractivity contribution in [3.05, 3.63) is 0 Å². The molecule has 1 saturated heterocycles. The van der Waals surface area contributed by atoms with E-state index in [1.54, 1.807) is 0 Å². The molecule has 0 bridgehead atoms. The van der Waals surface area contributed by atoms with Crippen molar-refractivity contribution in [2.45, 2.75) is 44.6 Å². The third kappa shape index (κ3) is 1.71. The van der Waals surface area contributed by atoms with Gasteiger partial charge >= 0.3 is 0 Å². The van der Waals surface area contributed by atoms with Crippen LogP contribution >= 0.6 is 0 Å². The van der Waals surface area contributed by atoms with Crippen LogP contribution in [0.15, 0.2) is 0 Å². The highest BCUT2D eigenvalue weighted by Gasteiger charge is 2.56. The van der Waals surface area contributed by atoms with Gasteiger partial charge in [-0.3, -0.25) is 0 Å². The summed E-state index contributed by atoms with van der Waals surface area (Å²) < 4.78 is 5.56. The van der Waals surface area contributed by atoms with Gasteiger partial charge in [-0.2, -0.15) is 0 Å². The lowest BCUT2D eigenvalue weighted by atomic mass is 9.65. The zero-order chi connectivity index (χ0) is 10.9. The van der Waals surface area contributed by atoms with Crippen LogP contribution in [0.4, 0.5) is 0 Å². The van der Waals surface area contributed by atoms with Crippen molar-refractivity contribution in [2.75, 3.05) is 19.8 Å². The summed E-state index contributed by atoms with van der Waals surface area (Å²) in [6, 6.07) is 0. The summed E-state index contributed by atoms with van der Waals surface area (Å²) in [6.07, 6.45) is 5.17. The van der Waals surface area contributed by atoms with Gasteiger partial charge in [0.25, 0.3) is 0 Å². The van der Waals surface area contributed by atoms with Crippen molar-refractivity contribution in [2.24, 2.45) is 17.1 Å². The smallest absolute Gasteiger partial charge is 0.0763 e. The summed E-state index contributed by atoms with van der Waals surface area (Å²) in [6.45, 7) is 4.09. The van der Waals surface area contributed by atoms with Crippen molar-refractivity contribution in [1.82, 2.24) is 0 Å². The van der Waals surface area contributed by atoms with Gasteiger partial charge in [-0.1, -0.05) is 6.92 Å². The first-order valence-electron chi connectivity index (χ1n) is 6.19. The Kier molecular flexibility index (Phi) is 3.06. The van der Waals surface area contributed by atoms with Gasteiger partial charge in [0.15, 0.2) is 0 Å². The molecule has 0 aromatic carbocycles. The van der Waals surface area contributed by atoms with Crippen molar-refractivity contribution in [1.29, 1.82) is 0 Å². The molecule has 1 saturated carbocycles. The summed E-state index contributed by atoms with van der Waals surface area (Å²) in [4.78, 5) is 0. The average molecular weight is 213 g/mol. The molecule has 1 heterocycles. The average Bonchev–Trinajstić information content (AvgIpc) is 3.13. The standard InChI is InChI=1S/C12H23NO2/c1-2-12(14,10-4-5-10)11(8-13)6-3-7-15-9-11/h10,14H,2-9,13H2,1H3. The quantitative estimate of drug-likeness (QED) is 0.740. The van der Waals surface area contributed by atoms with E-state index in [1.807, 2.05) is 0 Å². The summed E-state index contributed by atoms with van der Waals surface area (Å²) in [5, 5.41) is 10.9. The van der Waals surface area contributed by atoms with E-state index in [2.05, 4.69) is 6.92 Å². The molecular weight excluding hydrogens is 190 g/mol. The maximum atomic E-state index is 10.9. The SMILES string of the molecule is CCC(O)(C1CC1)C1(CN)CCCOC1. The highest BCUT2D eigenvalue weighted by molar-refractivity contribution is 5.07. The Morgan fingerprint density at radius 3 is 2.67 bits per heavy atom. The molecule has 1 aliphatic carbocycles. The lowest BCUT2D eigenvalue weighted by molar-refractivity contribution is -0.157. The second kappa shape index (κ2) is 4.04. The third-order valence-electron chi connectivity index (χ3n) is 4.42. The molecule has 2 rings (SSSR count). The minimum absolute atomic E-state index is 0.179. The van der Waals surface area contributed by atoms with Crippen molar-refractivity contribution in [3.8, 4) is 0 Å². The molecular formula is C12H23NO2. The van der Waals surface area contributed by atoms with Crippen LogP contribution in [0.1, 0.15) is 39.0 Å². The molecule has 15 heavy (non-hydrogen) atoms. The van der Waals surface area contributed by atoms with E-state index in [-0.39, 0.29) is 5.41 Å². The number of ether oxygens (including phenoxy) is 1. The molecule has 1 aliphatic heterocycles. The van der Waals surface area contributed by atoms with Gasteiger partial charge in [-0.15, -0.1) is 0 Å². The molecule has 0 amide bonds. The second-order valence-corrected chi connectivity index (χ2v) is 5.19. The summed E-state index contributed by atoms with van der Waals surface area (Å²) in [5.74, 6) is 0.466. The van der Waals surface area contributed by atoms with Gasteiger partial charge in [0.2, 0.25) is 0 Å². The molecule has 2 unspecified atom stereocenters. The van der Waals surface area contributed by atoms with Gasteiger partial charge in [-0.05, 0) is 38.0 Å². The number of rotatable bonds is 4.